The van der Waals surface area contributed by atoms with Crippen molar-refractivity contribution in [3.05, 3.63) is 17.5 Å². The Morgan fingerprint density at radius 2 is 2.25 bits per heavy atom. The van der Waals surface area contributed by atoms with Crippen LogP contribution in [0.25, 0.3) is 0 Å². The summed E-state index contributed by atoms with van der Waals surface area (Å²) in [5, 5.41) is 7.10. The van der Waals surface area contributed by atoms with Crippen LogP contribution in [0.15, 0.2) is 15.6 Å². The summed E-state index contributed by atoms with van der Waals surface area (Å²) in [4.78, 5) is 18.5. The summed E-state index contributed by atoms with van der Waals surface area (Å²) in [7, 11) is 1.73. The van der Waals surface area contributed by atoms with E-state index in [1.54, 1.807) is 7.05 Å². The van der Waals surface area contributed by atoms with Gasteiger partial charge in [0.2, 0.25) is 0 Å². The van der Waals surface area contributed by atoms with Gasteiger partial charge >= 0.3 is 5.97 Å². The minimum Gasteiger partial charge on any atom is -0.460 e. The topological polar surface area (TPSA) is 80.0 Å². The molecule has 0 saturated carbocycles. The predicted octanol–water partition coefficient (Wildman–Crippen LogP) is 2.34. The molecule has 8 heteroatoms. The molecule has 1 aliphatic rings. The van der Waals surface area contributed by atoms with Crippen molar-refractivity contribution < 1.29 is 14.1 Å². The number of esters is 1. The first kappa shape index (κ1) is 20.7. The van der Waals surface area contributed by atoms with Crippen molar-refractivity contribution >= 4 is 35.9 Å². The van der Waals surface area contributed by atoms with Crippen molar-refractivity contribution in [2.45, 2.75) is 46.3 Å². The number of aromatic nitrogens is 1. The van der Waals surface area contributed by atoms with Crippen molar-refractivity contribution in [2.75, 3.05) is 20.1 Å². The zero-order valence-corrected chi connectivity index (χ0v) is 17.3. The molecule has 24 heavy (non-hydrogen) atoms. The molecule has 1 saturated heterocycles. The minimum absolute atomic E-state index is 0. The molecular formula is C16H27IN4O3. The molecule has 1 aliphatic heterocycles. The average molecular weight is 450 g/mol. The zero-order chi connectivity index (χ0) is 17.0. The average Bonchev–Trinajstić information content (AvgIpc) is 3.07. The molecule has 0 radical (unpaired) electrons. The third kappa shape index (κ3) is 5.95. The maximum Gasteiger partial charge on any atom is 0.311 e. The molecule has 136 valence electrons. The number of hydrogen-bond acceptors (Lipinski definition) is 5. The van der Waals surface area contributed by atoms with Gasteiger partial charge in [-0.1, -0.05) is 5.16 Å². The summed E-state index contributed by atoms with van der Waals surface area (Å²) in [6.07, 6.45) is 0.775. The highest BCUT2D eigenvalue weighted by atomic mass is 127. The Morgan fingerprint density at radius 3 is 2.79 bits per heavy atom. The molecular weight excluding hydrogens is 423 g/mol. The van der Waals surface area contributed by atoms with Gasteiger partial charge in [0.25, 0.3) is 0 Å². The van der Waals surface area contributed by atoms with E-state index in [9.17, 15) is 4.79 Å². The Bertz CT molecular complexity index is 580. The number of halogens is 1. The summed E-state index contributed by atoms with van der Waals surface area (Å²) in [6.45, 7) is 9.45. The second-order valence-electron chi connectivity index (χ2n) is 6.80. The normalized spacial score (nSPS) is 18.3. The fourth-order valence-electron chi connectivity index (χ4n) is 2.53. The molecule has 7 nitrogen and oxygen atoms in total. The number of carbonyl (C=O) groups excluding carboxylic acids is 1. The lowest BCUT2D eigenvalue weighted by molar-refractivity contribution is -0.159. The monoisotopic (exact) mass is 450 g/mol. The summed E-state index contributed by atoms with van der Waals surface area (Å²) in [5.41, 5.74) is 0.400. The van der Waals surface area contributed by atoms with E-state index < -0.39 is 5.60 Å². The van der Waals surface area contributed by atoms with Crippen LogP contribution in [0, 0.1) is 12.8 Å². The zero-order valence-electron chi connectivity index (χ0n) is 15.0. The van der Waals surface area contributed by atoms with E-state index >= 15 is 0 Å². The molecule has 1 aromatic heterocycles. The van der Waals surface area contributed by atoms with E-state index in [1.165, 1.54) is 0 Å². The lowest BCUT2D eigenvalue weighted by atomic mass is 10.1. The quantitative estimate of drug-likeness (QED) is 0.330. The maximum atomic E-state index is 12.2. The van der Waals surface area contributed by atoms with Crippen molar-refractivity contribution in [1.82, 2.24) is 15.4 Å². The van der Waals surface area contributed by atoms with Crippen molar-refractivity contribution in [3.63, 3.8) is 0 Å². The molecule has 0 spiro atoms. The van der Waals surface area contributed by atoms with Gasteiger partial charge in [-0.15, -0.1) is 24.0 Å². The van der Waals surface area contributed by atoms with Gasteiger partial charge in [0.15, 0.2) is 11.7 Å². The molecule has 0 bridgehead atoms. The molecule has 0 amide bonds. The molecule has 1 atom stereocenters. The molecule has 2 heterocycles. The van der Waals surface area contributed by atoms with Crippen LogP contribution in [-0.4, -0.2) is 47.7 Å². The SMILES string of the molecule is CN=C(NCc1cc(C)no1)N1CCC(C(=O)OC(C)(C)C)C1.I. The van der Waals surface area contributed by atoms with Gasteiger partial charge in [0, 0.05) is 26.2 Å². The number of nitrogens with one attached hydrogen (secondary N) is 1. The Hall–Kier alpha value is -1.32. The van der Waals surface area contributed by atoms with Crippen LogP contribution >= 0.6 is 24.0 Å². The van der Waals surface area contributed by atoms with Crippen LogP contribution in [0.5, 0.6) is 0 Å². The van der Waals surface area contributed by atoms with E-state index in [-0.39, 0.29) is 35.9 Å². The molecule has 1 N–H and O–H groups in total. The molecule has 0 aromatic carbocycles. The third-order valence-corrected chi connectivity index (χ3v) is 3.54. The summed E-state index contributed by atoms with van der Waals surface area (Å²) in [6, 6.07) is 1.88. The lowest BCUT2D eigenvalue weighted by Crippen LogP contribution is -2.40. The van der Waals surface area contributed by atoms with Crippen LogP contribution in [0.2, 0.25) is 0 Å². The number of likely N-dealkylation sites (tertiary alicyclic amines) is 1. The van der Waals surface area contributed by atoms with Gasteiger partial charge < -0.3 is 19.5 Å². The summed E-state index contributed by atoms with van der Waals surface area (Å²) >= 11 is 0. The first-order valence-corrected chi connectivity index (χ1v) is 7.89. The number of aryl methyl sites for hydroxylation is 1. The number of guanidine groups is 1. The number of ether oxygens (including phenoxy) is 1. The largest absolute Gasteiger partial charge is 0.460 e. The smallest absolute Gasteiger partial charge is 0.311 e. The predicted molar refractivity (Wildman–Crippen MR) is 102 cm³/mol. The Balaban J connectivity index is 0.00000288. The second kappa shape index (κ2) is 8.68. The standard InChI is InChI=1S/C16H26N4O3.HI/c1-11-8-13(23-19-11)9-18-15(17-5)20-7-6-12(10-20)14(21)22-16(2,3)4;/h8,12H,6-7,9-10H2,1-5H3,(H,17,18);1H. The van der Waals surface area contributed by atoms with Gasteiger partial charge in [0.05, 0.1) is 18.2 Å². The van der Waals surface area contributed by atoms with Crippen molar-refractivity contribution in [1.29, 1.82) is 0 Å². The first-order valence-electron chi connectivity index (χ1n) is 7.89. The van der Waals surface area contributed by atoms with Crippen LogP contribution in [0.1, 0.15) is 38.6 Å². The molecule has 0 aliphatic carbocycles. The van der Waals surface area contributed by atoms with Gasteiger partial charge in [0.1, 0.15) is 5.60 Å². The molecule has 1 unspecified atom stereocenters. The van der Waals surface area contributed by atoms with Crippen LogP contribution in [-0.2, 0) is 16.1 Å². The minimum atomic E-state index is -0.450. The highest BCUT2D eigenvalue weighted by Crippen LogP contribution is 2.20. The van der Waals surface area contributed by atoms with E-state index in [2.05, 4.69) is 20.4 Å². The third-order valence-electron chi connectivity index (χ3n) is 3.54. The number of carbonyl (C=O) groups is 1. The van der Waals surface area contributed by atoms with E-state index in [4.69, 9.17) is 9.26 Å². The fourth-order valence-corrected chi connectivity index (χ4v) is 2.53. The Kier molecular flexibility index (Phi) is 7.50. The van der Waals surface area contributed by atoms with E-state index in [1.807, 2.05) is 33.8 Å². The maximum absolute atomic E-state index is 12.2. The van der Waals surface area contributed by atoms with Crippen LogP contribution in [0.3, 0.4) is 0 Å². The Labute approximate surface area is 160 Å². The number of nitrogens with zero attached hydrogens (tertiary/aromatic N) is 3. The highest BCUT2D eigenvalue weighted by Gasteiger charge is 2.33. The fraction of sp³-hybridized carbons (Fsp3) is 0.688. The lowest BCUT2D eigenvalue weighted by Gasteiger charge is -2.23. The Morgan fingerprint density at radius 1 is 1.54 bits per heavy atom. The van der Waals surface area contributed by atoms with Gasteiger partial charge in [-0.25, -0.2) is 0 Å². The first-order chi connectivity index (χ1) is 10.8. The summed E-state index contributed by atoms with van der Waals surface area (Å²) in [5.74, 6) is 1.26. The van der Waals surface area contributed by atoms with Crippen molar-refractivity contribution in [2.24, 2.45) is 10.9 Å². The highest BCUT2D eigenvalue weighted by molar-refractivity contribution is 14.0. The molecule has 1 aromatic rings. The van der Waals surface area contributed by atoms with Gasteiger partial charge in [-0.3, -0.25) is 9.79 Å². The van der Waals surface area contributed by atoms with Gasteiger partial charge in [-0.2, -0.15) is 0 Å². The second-order valence-corrected chi connectivity index (χ2v) is 6.80. The molecule has 2 rings (SSSR count). The number of hydrogen-bond donors (Lipinski definition) is 1. The molecule has 1 fully saturated rings. The summed E-state index contributed by atoms with van der Waals surface area (Å²) < 4.78 is 10.6. The van der Waals surface area contributed by atoms with E-state index in [0.717, 1.165) is 30.4 Å². The van der Waals surface area contributed by atoms with E-state index in [0.29, 0.717) is 13.1 Å². The van der Waals surface area contributed by atoms with Crippen molar-refractivity contribution in [3.8, 4) is 0 Å². The van der Waals surface area contributed by atoms with Crippen LogP contribution in [0.4, 0.5) is 0 Å². The van der Waals surface area contributed by atoms with Crippen LogP contribution < -0.4 is 5.32 Å². The number of rotatable bonds is 3. The van der Waals surface area contributed by atoms with Gasteiger partial charge in [-0.05, 0) is 34.1 Å². The number of aliphatic imine (C=N–C) groups is 1.